The number of rotatable bonds is 14. The van der Waals surface area contributed by atoms with Crippen molar-refractivity contribution in [3.8, 4) is 28.0 Å². The number of aromatic nitrogens is 1. The molecule has 0 bridgehead atoms. The van der Waals surface area contributed by atoms with Crippen LogP contribution in [0, 0.1) is 0 Å². The van der Waals surface area contributed by atoms with E-state index in [9.17, 15) is 0 Å². The van der Waals surface area contributed by atoms with Crippen molar-refractivity contribution < 1.29 is 13.7 Å². The van der Waals surface area contributed by atoms with Crippen molar-refractivity contribution in [2.45, 2.75) is 53.0 Å². The van der Waals surface area contributed by atoms with Crippen LogP contribution in [-0.4, -0.2) is 6.54 Å². The Morgan fingerprint density at radius 3 is 1.88 bits per heavy atom. The van der Waals surface area contributed by atoms with Crippen molar-refractivity contribution >= 4 is 34.2 Å². The molecule has 1 aromatic heterocycles. The quantitative estimate of drug-likeness (QED) is 0.0630. The minimum absolute atomic E-state index is 0.798. The van der Waals surface area contributed by atoms with Crippen LogP contribution in [0.1, 0.15) is 52.3 Å². The van der Waals surface area contributed by atoms with Crippen LogP contribution in [0.5, 0.6) is 5.75 Å². The Morgan fingerprint density at radius 2 is 1.26 bits per heavy atom. The first-order valence-corrected chi connectivity index (χ1v) is 20.3. The van der Waals surface area contributed by atoms with Crippen molar-refractivity contribution in [1.29, 1.82) is 0 Å². The zero-order valence-electron chi connectivity index (χ0n) is 33.1. The highest BCUT2D eigenvalue weighted by Gasteiger charge is 2.25. The molecule has 284 valence electrons. The van der Waals surface area contributed by atoms with Crippen LogP contribution in [0.2, 0.25) is 0 Å². The lowest BCUT2D eigenvalue weighted by molar-refractivity contribution is -0.674. The Hall–Kier alpha value is -6.59. The number of oxazole rings is 1. The number of hydrogen-bond donors (Lipinski definition) is 0. The summed E-state index contributed by atoms with van der Waals surface area (Å²) in [4.78, 5) is 4.66. The second-order valence-corrected chi connectivity index (χ2v) is 14.4. The number of para-hydroxylation sites is 2. The lowest BCUT2D eigenvalue weighted by atomic mass is 10.0. The summed E-state index contributed by atoms with van der Waals surface area (Å²) in [5.41, 5.74) is 12.6. The molecule has 0 radical (unpaired) electrons. The van der Waals surface area contributed by atoms with E-state index >= 15 is 0 Å². The summed E-state index contributed by atoms with van der Waals surface area (Å²) in [5, 5.41) is 0. The Labute approximate surface area is 337 Å². The fraction of sp³-hybridized carbons (Fsp3) is 0.173. The van der Waals surface area contributed by atoms with E-state index in [1.807, 2.05) is 0 Å². The van der Waals surface area contributed by atoms with Gasteiger partial charge in [-0.25, -0.2) is 0 Å². The zero-order chi connectivity index (χ0) is 39.0. The van der Waals surface area contributed by atoms with Crippen molar-refractivity contribution in [1.82, 2.24) is 0 Å². The average molecular weight is 749 g/mol. The van der Waals surface area contributed by atoms with Gasteiger partial charge in [0.05, 0.1) is 11.8 Å². The molecule has 0 fully saturated rings. The molecule has 57 heavy (non-hydrogen) atoms. The van der Waals surface area contributed by atoms with Gasteiger partial charge in [-0.1, -0.05) is 109 Å². The Balaban J connectivity index is 1.06. The van der Waals surface area contributed by atoms with Gasteiger partial charge in [-0.3, -0.25) is 0 Å². The van der Waals surface area contributed by atoms with Crippen molar-refractivity contribution in [2.75, 3.05) is 16.3 Å². The van der Waals surface area contributed by atoms with Gasteiger partial charge in [-0.2, -0.15) is 4.57 Å². The van der Waals surface area contributed by atoms with Gasteiger partial charge in [0.25, 0.3) is 5.52 Å². The van der Waals surface area contributed by atoms with Crippen molar-refractivity contribution in [2.24, 2.45) is 0 Å². The van der Waals surface area contributed by atoms with Gasteiger partial charge < -0.3 is 19.0 Å². The van der Waals surface area contributed by atoms with Crippen LogP contribution in [0.25, 0.3) is 39.4 Å². The first kappa shape index (κ1) is 37.3. The number of nitrogens with zero attached hydrogens (tertiary/aromatic N) is 3. The number of ether oxygens (including phenoxy) is 1. The Morgan fingerprint density at radius 1 is 0.667 bits per heavy atom. The average Bonchev–Trinajstić information content (AvgIpc) is 3.82. The largest absolute Gasteiger partial charge is 0.439 e. The number of allylic oxidation sites excluding steroid dienone is 4. The van der Waals surface area contributed by atoms with Gasteiger partial charge in [0, 0.05) is 29.7 Å². The number of fused-ring (bicyclic) bond motifs is 2. The van der Waals surface area contributed by atoms with Crippen LogP contribution in [0.15, 0.2) is 191 Å². The van der Waals surface area contributed by atoms with E-state index in [1.165, 1.54) is 33.5 Å². The summed E-state index contributed by atoms with van der Waals surface area (Å²) in [6.45, 7) is 8.25. The van der Waals surface area contributed by atoms with E-state index in [1.54, 1.807) is 0 Å². The predicted octanol–water partition coefficient (Wildman–Crippen LogP) is 13.5. The molecule has 1 aliphatic heterocycles. The topological polar surface area (TPSA) is 32.7 Å². The maximum Gasteiger partial charge on any atom is 0.374 e. The fourth-order valence-electron chi connectivity index (χ4n) is 7.83. The minimum Gasteiger partial charge on any atom is -0.439 e. The van der Waals surface area contributed by atoms with Crippen LogP contribution in [0.3, 0.4) is 0 Å². The summed E-state index contributed by atoms with van der Waals surface area (Å²) < 4.78 is 15.2. The zero-order valence-corrected chi connectivity index (χ0v) is 33.1. The summed E-state index contributed by atoms with van der Waals surface area (Å²) >= 11 is 0. The molecule has 7 aromatic rings. The highest BCUT2D eigenvalue weighted by Crippen LogP contribution is 2.42. The molecule has 2 heterocycles. The van der Waals surface area contributed by atoms with Crippen molar-refractivity contribution in [3.05, 3.63) is 193 Å². The molecule has 0 saturated carbocycles. The molecule has 0 spiro atoms. The SMILES string of the molecule is CCN1C(=CCCCC/C(C=Cc2oc3ccc(-c4ccccc4)cc3[n+]2CC)=C(\C)N(c2ccccc2)c2ccccc2)Oc2ccc(-c3ccccc3)cc21. The van der Waals surface area contributed by atoms with Gasteiger partial charge in [0.15, 0.2) is 11.6 Å². The lowest BCUT2D eigenvalue weighted by Gasteiger charge is -2.28. The maximum absolute atomic E-state index is 6.53. The highest BCUT2D eigenvalue weighted by atomic mass is 16.5. The fourth-order valence-corrected chi connectivity index (χ4v) is 7.83. The molecular formula is C52H50N3O2+. The minimum atomic E-state index is 0.798. The normalized spacial score (nSPS) is 13.6. The van der Waals surface area contributed by atoms with Crippen LogP contribution < -0.4 is 19.1 Å². The molecular weight excluding hydrogens is 699 g/mol. The molecule has 0 atom stereocenters. The lowest BCUT2D eigenvalue weighted by Crippen LogP contribution is -2.33. The summed E-state index contributed by atoms with van der Waals surface area (Å²) in [6, 6.07) is 55.4. The van der Waals surface area contributed by atoms with E-state index in [-0.39, 0.29) is 0 Å². The van der Waals surface area contributed by atoms with Crippen LogP contribution in [0.4, 0.5) is 17.1 Å². The van der Waals surface area contributed by atoms with E-state index < -0.39 is 0 Å². The molecule has 5 heteroatoms. The molecule has 0 N–H and O–H groups in total. The van der Waals surface area contributed by atoms with Crippen molar-refractivity contribution in [3.63, 3.8) is 0 Å². The number of aryl methyl sites for hydroxylation is 1. The molecule has 8 rings (SSSR count). The van der Waals surface area contributed by atoms with E-state index in [2.05, 4.69) is 211 Å². The number of hydrogen-bond acceptors (Lipinski definition) is 4. The third-order valence-corrected chi connectivity index (χ3v) is 10.8. The standard InChI is InChI=1S/C52H50N3O2/c1-4-53-47-37-43(41-22-12-6-13-23-41)31-34-49(47)56-51(53)30-20-8-11-21-40(39(3)55(45-26-16-9-17-27-45)46-28-18-10-19-29-46)33-36-52-54(5-2)48-38-44(32-35-50(48)57-52)42-24-14-7-15-25-42/h6-7,9-10,12-19,22-38H,4-5,8,11,20-21H2,1-3H3/q+1. The van der Waals surface area contributed by atoms with Crippen LogP contribution >= 0.6 is 0 Å². The van der Waals surface area contributed by atoms with Gasteiger partial charge in [-0.05, 0) is 129 Å². The third kappa shape index (κ3) is 8.20. The summed E-state index contributed by atoms with van der Waals surface area (Å²) in [5.74, 6) is 2.68. The smallest absolute Gasteiger partial charge is 0.374 e. The second kappa shape index (κ2) is 17.5. The molecule has 0 saturated heterocycles. The first-order chi connectivity index (χ1) is 28.1. The number of unbranched alkanes of at least 4 members (excludes halogenated alkanes) is 2. The van der Waals surface area contributed by atoms with Crippen LogP contribution in [-0.2, 0) is 6.54 Å². The molecule has 6 aromatic carbocycles. The van der Waals surface area contributed by atoms with Gasteiger partial charge in [-0.15, -0.1) is 0 Å². The third-order valence-electron chi connectivity index (χ3n) is 10.8. The van der Waals surface area contributed by atoms with Gasteiger partial charge in [0.2, 0.25) is 5.58 Å². The Bertz CT molecular complexity index is 2480. The van der Waals surface area contributed by atoms with E-state index in [0.29, 0.717) is 0 Å². The molecule has 0 amide bonds. The van der Waals surface area contributed by atoms with Gasteiger partial charge in [0.1, 0.15) is 6.54 Å². The van der Waals surface area contributed by atoms with Gasteiger partial charge >= 0.3 is 5.89 Å². The molecule has 0 aliphatic carbocycles. The monoisotopic (exact) mass is 748 g/mol. The predicted molar refractivity (Wildman–Crippen MR) is 236 cm³/mol. The Kier molecular flexibility index (Phi) is 11.4. The summed E-state index contributed by atoms with van der Waals surface area (Å²) in [6.07, 6.45) is 10.6. The number of benzene rings is 6. The van der Waals surface area contributed by atoms with E-state index in [4.69, 9.17) is 9.15 Å². The van der Waals surface area contributed by atoms with E-state index in [0.717, 1.165) is 84.5 Å². The highest BCUT2D eigenvalue weighted by molar-refractivity contribution is 5.79. The number of anilines is 3. The second-order valence-electron chi connectivity index (χ2n) is 14.4. The molecule has 0 unspecified atom stereocenters. The molecule has 5 nitrogen and oxygen atoms in total. The molecule has 1 aliphatic rings. The summed E-state index contributed by atoms with van der Waals surface area (Å²) in [7, 11) is 0. The maximum atomic E-state index is 6.53. The first-order valence-electron chi connectivity index (χ1n) is 20.3.